The molecule has 0 aromatic heterocycles. The van der Waals surface area contributed by atoms with Crippen molar-refractivity contribution in [3.63, 3.8) is 0 Å². The minimum absolute atomic E-state index is 0. The number of aliphatic imine (C=N–C) groups is 1. The molecule has 0 radical (unpaired) electrons. The number of anilines is 1. The zero-order chi connectivity index (χ0) is 23.2. The van der Waals surface area contributed by atoms with Crippen LogP contribution in [0.5, 0.6) is 0 Å². The van der Waals surface area contributed by atoms with Gasteiger partial charge in [0.1, 0.15) is 0 Å². The number of para-hydroxylation sites is 1. The Bertz CT molecular complexity index is 1070. The fourth-order valence-corrected chi connectivity index (χ4v) is 4.07. The van der Waals surface area contributed by atoms with Crippen LogP contribution < -0.4 is 21.3 Å². The van der Waals surface area contributed by atoms with E-state index in [4.69, 9.17) is 0 Å². The molecule has 0 saturated carbocycles. The molecule has 34 heavy (non-hydrogen) atoms. The maximum Gasteiger partial charge on any atom is 0.254 e. The molecule has 4 N–H and O–H groups in total. The van der Waals surface area contributed by atoms with Crippen molar-refractivity contribution in [1.29, 1.82) is 0 Å². The number of carbonyl (C=O) groups is 3. The second kappa shape index (κ2) is 11.8. The first-order valence-corrected chi connectivity index (χ1v) is 11.0. The Morgan fingerprint density at radius 3 is 2.59 bits per heavy atom. The van der Waals surface area contributed by atoms with E-state index in [9.17, 15) is 14.4 Å². The first-order valence-electron chi connectivity index (χ1n) is 11.0. The molecule has 0 aliphatic carbocycles. The smallest absolute Gasteiger partial charge is 0.254 e. The Morgan fingerprint density at radius 2 is 1.85 bits per heavy atom. The average Bonchev–Trinajstić information content (AvgIpc) is 2.84. The van der Waals surface area contributed by atoms with Gasteiger partial charge in [0.15, 0.2) is 5.96 Å². The highest BCUT2D eigenvalue weighted by atomic mass is 127. The number of carbonyl (C=O) groups excluding carboxylic acids is 3. The predicted molar refractivity (Wildman–Crippen MR) is 141 cm³/mol. The van der Waals surface area contributed by atoms with E-state index in [2.05, 4.69) is 26.3 Å². The largest absolute Gasteiger partial charge is 0.356 e. The SMILES string of the molecule is CN=C(NCc1ccc(C(=O)N2CCNC(=O)C2)cc1)NCC1CC(=O)Nc2ccccc21.I. The van der Waals surface area contributed by atoms with Gasteiger partial charge >= 0.3 is 0 Å². The zero-order valence-corrected chi connectivity index (χ0v) is 21.3. The van der Waals surface area contributed by atoms with Crippen LogP contribution in [0, 0.1) is 0 Å². The molecule has 0 bridgehead atoms. The summed E-state index contributed by atoms with van der Waals surface area (Å²) < 4.78 is 0. The fraction of sp³-hybridized carbons (Fsp3) is 0.333. The maximum absolute atomic E-state index is 12.6. The lowest BCUT2D eigenvalue weighted by atomic mass is 9.90. The van der Waals surface area contributed by atoms with Crippen LogP contribution >= 0.6 is 24.0 Å². The van der Waals surface area contributed by atoms with E-state index in [-0.39, 0.29) is 54.2 Å². The van der Waals surface area contributed by atoms with Crippen LogP contribution in [0.3, 0.4) is 0 Å². The highest BCUT2D eigenvalue weighted by molar-refractivity contribution is 14.0. The van der Waals surface area contributed by atoms with Gasteiger partial charge in [0.05, 0.1) is 6.54 Å². The standard InChI is InChI=1S/C24H28N6O3.HI/c1-25-24(28-14-18-12-21(31)29-20-5-3-2-4-19(18)20)27-13-16-6-8-17(9-7-16)23(33)30-11-10-26-22(32)15-30;/h2-9,18H,10-15H2,1H3,(H,26,32)(H,29,31)(H2,25,27,28);1H. The van der Waals surface area contributed by atoms with Crippen LogP contribution in [0.2, 0.25) is 0 Å². The molecule has 1 atom stereocenters. The molecule has 1 unspecified atom stereocenters. The lowest BCUT2D eigenvalue weighted by Crippen LogP contribution is -2.49. The molecular formula is C24H29IN6O3. The van der Waals surface area contributed by atoms with Crippen LogP contribution in [0.4, 0.5) is 5.69 Å². The number of nitrogens with zero attached hydrogens (tertiary/aromatic N) is 2. The second-order valence-corrected chi connectivity index (χ2v) is 8.12. The summed E-state index contributed by atoms with van der Waals surface area (Å²) in [6.07, 6.45) is 0.426. The molecule has 1 saturated heterocycles. The van der Waals surface area contributed by atoms with E-state index in [0.29, 0.717) is 44.1 Å². The number of guanidine groups is 1. The summed E-state index contributed by atoms with van der Waals surface area (Å²) in [5, 5.41) is 12.2. The van der Waals surface area contributed by atoms with Crippen molar-refractivity contribution in [2.45, 2.75) is 18.9 Å². The number of hydrogen-bond acceptors (Lipinski definition) is 4. The Labute approximate surface area is 215 Å². The highest BCUT2D eigenvalue weighted by Crippen LogP contribution is 2.31. The van der Waals surface area contributed by atoms with E-state index in [1.165, 1.54) is 0 Å². The molecule has 180 valence electrons. The molecule has 2 aliphatic rings. The van der Waals surface area contributed by atoms with Crippen LogP contribution in [-0.2, 0) is 16.1 Å². The minimum atomic E-state index is -0.140. The predicted octanol–water partition coefficient (Wildman–Crippen LogP) is 1.67. The van der Waals surface area contributed by atoms with Crippen molar-refractivity contribution in [3.05, 3.63) is 65.2 Å². The van der Waals surface area contributed by atoms with Gasteiger partial charge in [-0.2, -0.15) is 0 Å². The van der Waals surface area contributed by atoms with Crippen molar-refractivity contribution < 1.29 is 14.4 Å². The minimum Gasteiger partial charge on any atom is -0.356 e. The van der Waals surface area contributed by atoms with E-state index >= 15 is 0 Å². The van der Waals surface area contributed by atoms with E-state index in [1.807, 2.05) is 36.4 Å². The van der Waals surface area contributed by atoms with Gasteiger partial charge in [-0.25, -0.2) is 0 Å². The lowest BCUT2D eigenvalue weighted by Gasteiger charge is -2.26. The van der Waals surface area contributed by atoms with Crippen LogP contribution in [0.25, 0.3) is 0 Å². The van der Waals surface area contributed by atoms with Gasteiger partial charge in [0.2, 0.25) is 11.8 Å². The Balaban J connectivity index is 0.00000324. The first-order chi connectivity index (χ1) is 16.0. The molecule has 0 spiro atoms. The molecule has 1 fully saturated rings. The van der Waals surface area contributed by atoms with Crippen LogP contribution in [-0.4, -0.2) is 61.8 Å². The first kappa shape index (κ1) is 25.5. The van der Waals surface area contributed by atoms with E-state index in [1.54, 1.807) is 24.1 Å². The molecule has 2 aromatic carbocycles. The highest BCUT2D eigenvalue weighted by Gasteiger charge is 2.25. The Morgan fingerprint density at radius 1 is 1.09 bits per heavy atom. The number of amides is 3. The summed E-state index contributed by atoms with van der Waals surface area (Å²) in [6.45, 7) is 2.21. The summed E-state index contributed by atoms with van der Waals surface area (Å²) in [5.74, 6) is 0.446. The Kier molecular flexibility index (Phi) is 8.85. The number of hydrogen-bond donors (Lipinski definition) is 4. The summed E-state index contributed by atoms with van der Waals surface area (Å²) in [7, 11) is 1.70. The normalized spacial score (nSPS) is 17.6. The van der Waals surface area contributed by atoms with Gasteiger partial charge in [-0.1, -0.05) is 30.3 Å². The summed E-state index contributed by atoms with van der Waals surface area (Å²) in [5.41, 5.74) is 3.54. The van der Waals surface area contributed by atoms with Crippen molar-refractivity contribution in [1.82, 2.24) is 20.9 Å². The number of benzene rings is 2. The number of fused-ring (bicyclic) bond motifs is 1. The van der Waals surface area contributed by atoms with E-state index in [0.717, 1.165) is 16.8 Å². The summed E-state index contributed by atoms with van der Waals surface area (Å²) >= 11 is 0. The van der Waals surface area contributed by atoms with Gasteiger partial charge < -0.3 is 26.2 Å². The third kappa shape index (κ3) is 6.25. The zero-order valence-electron chi connectivity index (χ0n) is 19.0. The fourth-order valence-electron chi connectivity index (χ4n) is 4.07. The van der Waals surface area contributed by atoms with Gasteiger partial charge in [0.25, 0.3) is 5.91 Å². The van der Waals surface area contributed by atoms with Crippen molar-refractivity contribution in [2.24, 2.45) is 4.99 Å². The molecule has 2 aliphatic heterocycles. The molecule has 2 heterocycles. The summed E-state index contributed by atoms with van der Waals surface area (Å²) in [4.78, 5) is 42.0. The van der Waals surface area contributed by atoms with Gasteiger partial charge in [0, 0.05) is 56.8 Å². The van der Waals surface area contributed by atoms with Gasteiger partial charge in [-0.15, -0.1) is 24.0 Å². The molecule has 3 amide bonds. The third-order valence-corrected chi connectivity index (χ3v) is 5.83. The molecule has 10 heteroatoms. The monoisotopic (exact) mass is 576 g/mol. The van der Waals surface area contributed by atoms with Crippen molar-refractivity contribution in [3.8, 4) is 0 Å². The van der Waals surface area contributed by atoms with Crippen molar-refractivity contribution >= 4 is 53.3 Å². The quantitative estimate of drug-likeness (QED) is 0.246. The van der Waals surface area contributed by atoms with Crippen LogP contribution in [0.1, 0.15) is 33.8 Å². The van der Waals surface area contributed by atoms with E-state index < -0.39 is 0 Å². The number of piperazine rings is 1. The topological polar surface area (TPSA) is 115 Å². The van der Waals surface area contributed by atoms with Gasteiger partial charge in [-0.05, 0) is 29.3 Å². The lowest BCUT2D eigenvalue weighted by molar-refractivity contribution is -0.123. The summed E-state index contributed by atoms with van der Waals surface area (Å²) in [6, 6.07) is 15.2. The van der Waals surface area contributed by atoms with Crippen LogP contribution in [0.15, 0.2) is 53.5 Å². The van der Waals surface area contributed by atoms with Crippen molar-refractivity contribution in [2.75, 3.05) is 38.5 Å². The number of nitrogens with one attached hydrogen (secondary N) is 4. The average molecular weight is 576 g/mol. The number of halogens is 1. The number of rotatable bonds is 5. The second-order valence-electron chi connectivity index (χ2n) is 8.12. The molecule has 9 nitrogen and oxygen atoms in total. The molecule has 4 rings (SSSR count). The Hall–Kier alpha value is -3.15. The van der Waals surface area contributed by atoms with Gasteiger partial charge in [-0.3, -0.25) is 19.4 Å². The molecular weight excluding hydrogens is 547 g/mol. The maximum atomic E-state index is 12.6. The molecule has 2 aromatic rings. The third-order valence-electron chi connectivity index (χ3n) is 5.83.